The Hall–Kier alpha value is -0.550. The van der Waals surface area contributed by atoms with Crippen LogP contribution in [-0.2, 0) is 14.3 Å². The Morgan fingerprint density at radius 3 is 1.96 bits per heavy atom. The molecule has 1 amide bonds. The van der Waals surface area contributed by atoms with Gasteiger partial charge in [0.1, 0.15) is 0 Å². The summed E-state index contributed by atoms with van der Waals surface area (Å²) in [5, 5.41) is 0.227. The second kappa shape index (κ2) is 12.8. The van der Waals surface area contributed by atoms with Crippen LogP contribution in [0.15, 0.2) is 0 Å². The summed E-state index contributed by atoms with van der Waals surface area (Å²) >= 11 is 1.44. The summed E-state index contributed by atoms with van der Waals surface area (Å²) in [6.45, 7) is 7.19. The van der Waals surface area contributed by atoms with Crippen LogP contribution in [0, 0.1) is 0 Å². The lowest BCUT2D eigenvalue weighted by Gasteiger charge is -2.35. The van der Waals surface area contributed by atoms with Crippen molar-refractivity contribution >= 4 is 22.8 Å². The lowest BCUT2D eigenvalue weighted by Crippen LogP contribution is -2.48. The van der Waals surface area contributed by atoms with Crippen LogP contribution in [0.1, 0.15) is 78.6 Å². The van der Waals surface area contributed by atoms with E-state index in [-0.39, 0.29) is 17.3 Å². The topological polar surface area (TPSA) is 46.6 Å². The third-order valence-corrected chi connectivity index (χ3v) is 5.26. The highest BCUT2D eigenvalue weighted by Gasteiger charge is 2.25. The van der Waals surface area contributed by atoms with Crippen LogP contribution in [0.3, 0.4) is 0 Å². The van der Waals surface area contributed by atoms with Crippen molar-refractivity contribution < 1.29 is 14.3 Å². The van der Waals surface area contributed by atoms with Crippen molar-refractivity contribution in [2.75, 3.05) is 18.8 Å². The molecule has 24 heavy (non-hydrogen) atoms. The van der Waals surface area contributed by atoms with Crippen molar-refractivity contribution in [2.24, 2.45) is 0 Å². The van der Waals surface area contributed by atoms with Crippen LogP contribution in [0.5, 0.6) is 0 Å². The van der Waals surface area contributed by atoms with Crippen molar-refractivity contribution in [3.8, 4) is 0 Å². The summed E-state index contributed by atoms with van der Waals surface area (Å²) in [5.41, 5.74) is 0. The molecule has 0 bridgehead atoms. The molecule has 1 fully saturated rings. The van der Waals surface area contributed by atoms with Crippen LogP contribution < -0.4 is 0 Å². The molecule has 1 heterocycles. The van der Waals surface area contributed by atoms with Crippen molar-refractivity contribution in [1.29, 1.82) is 0 Å². The molecular weight excluding hydrogens is 322 g/mol. The Kier molecular flexibility index (Phi) is 11.4. The van der Waals surface area contributed by atoms with E-state index in [1.807, 2.05) is 18.7 Å². The quantitative estimate of drug-likeness (QED) is 0.514. The number of morpholine rings is 1. The van der Waals surface area contributed by atoms with Gasteiger partial charge in [-0.25, -0.2) is 0 Å². The number of nitrogens with zero attached hydrogens (tertiary/aromatic N) is 1. The van der Waals surface area contributed by atoms with Gasteiger partial charge in [0.05, 0.1) is 12.2 Å². The van der Waals surface area contributed by atoms with Gasteiger partial charge in [-0.1, -0.05) is 50.3 Å². The van der Waals surface area contributed by atoms with E-state index in [0.717, 1.165) is 38.1 Å². The average Bonchev–Trinajstić information content (AvgIpc) is 2.51. The van der Waals surface area contributed by atoms with Crippen molar-refractivity contribution in [2.45, 2.75) is 90.8 Å². The lowest BCUT2D eigenvalue weighted by molar-refractivity contribution is -0.143. The fourth-order valence-electron chi connectivity index (χ4n) is 3.19. The molecule has 0 aromatic heterocycles. The smallest absolute Gasteiger partial charge is 0.222 e. The Balaban J connectivity index is 1.91. The van der Waals surface area contributed by atoms with Crippen LogP contribution in [0.25, 0.3) is 0 Å². The number of unbranched alkanes of at least 4 members (excludes halogenated alkanes) is 7. The number of thioether (sulfide) groups is 1. The number of hydrogen-bond acceptors (Lipinski definition) is 4. The summed E-state index contributed by atoms with van der Waals surface area (Å²) < 4.78 is 5.67. The molecule has 1 aliphatic rings. The molecule has 0 saturated carbocycles. The van der Waals surface area contributed by atoms with Crippen LogP contribution in [-0.4, -0.2) is 47.0 Å². The van der Waals surface area contributed by atoms with Crippen molar-refractivity contribution in [3.05, 3.63) is 0 Å². The van der Waals surface area contributed by atoms with E-state index in [1.54, 1.807) is 6.92 Å². The molecule has 0 aromatic carbocycles. The van der Waals surface area contributed by atoms with E-state index in [1.165, 1.54) is 43.9 Å². The lowest BCUT2D eigenvalue weighted by atomic mass is 10.1. The highest BCUT2D eigenvalue weighted by atomic mass is 32.2. The molecule has 5 heteroatoms. The minimum absolute atomic E-state index is 0.159. The first-order chi connectivity index (χ1) is 11.5. The van der Waals surface area contributed by atoms with E-state index in [2.05, 4.69) is 0 Å². The Morgan fingerprint density at radius 2 is 1.42 bits per heavy atom. The third kappa shape index (κ3) is 10.3. The minimum Gasteiger partial charge on any atom is -0.372 e. The van der Waals surface area contributed by atoms with Gasteiger partial charge in [-0.2, -0.15) is 0 Å². The molecule has 0 aromatic rings. The van der Waals surface area contributed by atoms with Crippen LogP contribution in [0.4, 0.5) is 0 Å². The standard InChI is InChI=1S/C19H35NO3S/c1-16-14-20(15-17(2)23-16)19(22)12-10-8-6-4-5-7-9-11-13-24-18(3)21/h16-17H,4-15H2,1-3H3. The van der Waals surface area contributed by atoms with Gasteiger partial charge >= 0.3 is 0 Å². The zero-order valence-electron chi connectivity index (χ0n) is 15.7. The molecule has 1 saturated heterocycles. The first kappa shape index (κ1) is 21.5. The number of carbonyl (C=O) groups is 2. The summed E-state index contributed by atoms with van der Waals surface area (Å²) in [7, 11) is 0. The second-order valence-electron chi connectivity index (χ2n) is 6.97. The van der Waals surface area contributed by atoms with E-state index in [0.29, 0.717) is 12.3 Å². The molecular formula is C19H35NO3S. The summed E-state index contributed by atoms with van der Waals surface area (Å²) in [6, 6.07) is 0. The third-order valence-electron chi connectivity index (χ3n) is 4.36. The summed E-state index contributed by atoms with van der Waals surface area (Å²) in [6.07, 6.45) is 10.6. The van der Waals surface area contributed by atoms with Crippen molar-refractivity contribution in [1.82, 2.24) is 4.90 Å². The molecule has 0 spiro atoms. The molecule has 1 aliphatic heterocycles. The predicted molar refractivity (Wildman–Crippen MR) is 101 cm³/mol. The van der Waals surface area contributed by atoms with Gasteiger partial charge in [0.2, 0.25) is 5.91 Å². The molecule has 0 N–H and O–H groups in total. The predicted octanol–water partition coefficient (Wildman–Crippen LogP) is 4.41. The zero-order chi connectivity index (χ0) is 17.8. The van der Waals surface area contributed by atoms with Gasteiger partial charge < -0.3 is 9.64 Å². The molecule has 1 rings (SSSR count). The normalized spacial score (nSPS) is 21.0. The van der Waals surface area contributed by atoms with E-state index >= 15 is 0 Å². The van der Waals surface area contributed by atoms with Gasteiger partial charge in [0.15, 0.2) is 5.12 Å². The van der Waals surface area contributed by atoms with E-state index < -0.39 is 0 Å². The summed E-state index contributed by atoms with van der Waals surface area (Å²) in [5.74, 6) is 1.26. The Morgan fingerprint density at radius 1 is 0.917 bits per heavy atom. The number of carbonyl (C=O) groups excluding carboxylic acids is 2. The Bertz CT molecular complexity index is 366. The van der Waals surface area contributed by atoms with Gasteiger partial charge in [-0.05, 0) is 26.7 Å². The van der Waals surface area contributed by atoms with Gasteiger partial charge in [-0.3, -0.25) is 9.59 Å². The fraction of sp³-hybridized carbons (Fsp3) is 0.895. The zero-order valence-corrected chi connectivity index (χ0v) is 16.5. The molecule has 0 aliphatic carbocycles. The number of ether oxygens (including phenoxy) is 1. The fourth-order valence-corrected chi connectivity index (χ4v) is 3.83. The number of rotatable bonds is 11. The van der Waals surface area contributed by atoms with Gasteiger partial charge in [0.25, 0.3) is 0 Å². The molecule has 2 atom stereocenters. The van der Waals surface area contributed by atoms with Crippen LogP contribution in [0.2, 0.25) is 0 Å². The van der Waals surface area contributed by atoms with Crippen molar-refractivity contribution in [3.63, 3.8) is 0 Å². The average molecular weight is 358 g/mol. The molecule has 0 radical (unpaired) electrons. The molecule has 4 nitrogen and oxygen atoms in total. The number of amides is 1. The monoisotopic (exact) mass is 357 g/mol. The minimum atomic E-state index is 0.159. The first-order valence-corrected chi connectivity index (χ1v) is 10.5. The maximum Gasteiger partial charge on any atom is 0.222 e. The summed E-state index contributed by atoms with van der Waals surface area (Å²) in [4.78, 5) is 25.0. The van der Waals surface area contributed by atoms with Gasteiger partial charge in [0, 0.05) is 32.2 Å². The number of hydrogen-bond donors (Lipinski definition) is 0. The SMILES string of the molecule is CC(=O)SCCCCCCCCCCC(=O)N1CC(C)OC(C)C1. The maximum atomic E-state index is 12.2. The maximum absolute atomic E-state index is 12.2. The largest absolute Gasteiger partial charge is 0.372 e. The highest BCUT2D eigenvalue weighted by molar-refractivity contribution is 8.13. The highest BCUT2D eigenvalue weighted by Crippen LogP contribution is 2.15. The second-order valence-corrected chi connectivity index (χ2v) is 8.25. The van der Waals surface area contributed by atoms with E-state index in [9.17, 15) is 9.59 Å². The Labute approximate surface area is 152 Å². The molecule has 2 unspecified atom stereocenters. The van der Waals surface area contributed by atoms with Crippen LogP contribution >= 0.6 is 11.8 Å². The van der Waals surface area contributed by atoms with Gasteiger partial charge in [-0.15, -0.1) is 0 Å². The first-order valence-electron chi connectivity index (χ1n) is 9.55. The molecule has 140 valence electrons. The van der Waals surface area contributed by atoms with E-state index in [4.69, 9.17) is 4.74 Å².